The first-order valence-corrected chi connectivity index (χ1v) is 9.69. The van der Waals surface area contributed by atoms with Crippen molar-refractivity contribution in [1.82, 2.24) is 0 Å². The van der Waals surface area contributed by atoms with E-state index in [4.69, 9.17) is 18.9 Å². The quantitative estimate of drug-likeness (QED) is 0.405. The maximum absolute atomic E-state index is 12.0. The first-order chi connectivity index (χ1) is 13.9. The molecule has 2 aromatic rings. The maximum atomic E-state index is 12.0. The summed E-state index contributed by atoms with van der Waals surface area (Å²) in [5.74, 6) is 2.02. The molecular formula is C24H30O5. The summed E-state index contributed by atoms with van der Waals surface area (Å²) in [4.78, 5) is 12.0. The van der Waals surface area contributed by atoms with Crippen LogP contribution in [0.3, 0.4) is 0 Å². The molecule has 0 atom stereocenters. The van der Waals surface area contributed by atoms with Crippen LogP contribution in [0.2, 0.25) is 0 Å². The van der Waals surface area contributed by atoms with Crippen LogP contribution in [-0.2, 0) is 9.53 Å². The van der Waals surface area contributed by atoms with Gasteiger partial charge in [0, 0.05) is 6.07 Å². The number of benzene rings is 2. The van der Waals surface area contributed by atoms with Gasteiger partial charge >= 0.3 is 5.97 Å². The topological polar surface area (TPSA) is 54.0 Å². The third kappa shape index (κ3) is 6.86. The van der Waals surface area contributed by atoms with E-state index in [0.29, 0.717) is 31.1 Å². The van der Waals surface area contributed by atoms with Crippen molar-refractivity contribution in [3.63, 3.8) is 0 Å². The van der Waals surface area contributed by atoms with Gasteiger partial charge in [-0.25, -0.2) is 0 Å². The van der Waals surface area contributed by atoms with Crippen LogP contribution in [0.25, 0.3) is 12.2 Å². The Morgan fingerprint density at radius 1 is 0.897 bits per heavy atom. The molecule has 5 nitrogen and oxygen atoms in total. The van der Waals surface area contributed by atoms with Crippen LogP contribution in [-0.4, -0.2) is 33.4 Å². The standard InChI is InChI=1S/C24H30O5/c1-6-28-23(25)24(2,3)13-14-29-22-16-19(15-21(17-22)27-5)8-7-18-9-11-20(26-4)12-10-18/h7-12,15-17H,6,13-14H2,1-5H3/b8-7+. The molecule has 0 aliphatic carbocycles. The monoisotopic (exact) mass is 398 g/mol. The van der Waals surface area contributed by atoms with Gasteiger partial charge in [0.15, 0.2) is 0 Å². The summed E-state index contributed by atoms with van der Waals surface area (Å²) in [6.45, 7) is 6.32. The van der Waals surface area contributed by atoms with Gasteiger partial charge in [0.1, 0.15) is 17.2 Å². The van der Waals surface area contributed by atoms with Crippen molar-refractivity contribution in [2.75, 3.05) is 27.4 Å². The Morgan fingerprint density at radius 3 is 2.14 bits per heavy atom. The minimum absolute atomic E-state index is 0.211. The average molecular weight is 398 g/mol. The SMILES string of the molecule is CCOC(=O)C(C)(C)CCOc1cc(/C=C/c2ccc(OC)cc2)cc(OC)c1. The number of ether oxygens (including phenoxy) is 4. The summed E-state index contributed by atoms with van der Waals surface area (Å²) in [6.07, 6.45) is 4.57. The minimum atomic E-state index is -0.591. The maximum Gasteiger partial charge on any atom is 0.311 e. The molecule has 0 aliphatic heterocycles. The highest BCUT2D eigenvalue weighted by molar-refractivity contribution is 5.75. The first-order valence-electron chi connectivity index (χ1n) is 9.69. The number of esters is 1. The molecule has 0 N–H and O–H groups in total. The lowest BCUT2D eigenvalue weighted by atomic mass is 9.90. The number of rotatable bonds is 10. The fourth-order valence-corrected chi connectivity index (χ4v) is 2.65. The molecule has 0 radical (unpaired) electrons. The molecule has 0 aliphatic rings. The molecule has 5 heteroatoms. The van der Waals surface area contributed by atoms with Crippen LogP contribution in [0.15, 0.2) is 42.5 Å². The highest BCUT2D eigenvalue weighted by atomic mass is 16.5. The molecule has 0 unspecified atom stereocenters. The van der Waals surface area contributed by atoms with E-state index in [1.165, 1.54) is 0 Å². The highest BCUT2D eigenvalue weighted by Gasteiger charge is 2.29. The zero-order valence-electron chi connectivity index (χ0n) is 17.9. The number of carbonyl (C=O) groups is 1. The predicted octanol–water partition coefficient (Wildman–Crippen LogP) is 5.23. The molecule has 0 fully saturated rings. The molecule has 156 valence electrons. The molecule has 2 aromatic carbocycles. The Balaban J connectivity index is 2.05. The van der Waals surface area contributed by atoms with Crippen molar-refractivity contribution in [3.05, 3.63) is 53.6 Å². The van der Waals surface area contributed by atoms with Gasteiger partial charge in [-0.05, 0) is 62.6 Å². The molecule has 0 bridgehead atoms. The normalized spacial score (nSPS) is 11.3. The second-order valence-electron chi connectivity index (χ2n) is 7.25. The largest absolute Gasteiger partial charge is 0.497 e. The lowest BCUT2D eigenvalue weighted by Gasteiger charge is -2.22. The Kier molecular flexibility index (Phi) is 8.13. The zero-order chi connectivity index (χ0) is 21.3. The van der Waals surface area contributed by atoms with Gasteiger partial charge in [0.05, 0.1) is 32.8 Å². The summed E-state index contributed by atoms with van der Waals surface area (Å²) in [5.41, 5.74) is 1.43. The number of hydrogen-bond donors (Lipinski definition) is 0. The van der Waals surface area contributed by atoms with E-state index in [1.54, 1.807) is 14.2 Å². The van der Waals surface area contributed by atoms with E-state index < -0.39 is 5.41 Å². The van der Waals surface area contributed by atoms with Crippen molar-refractivity contribution in [3.8, 4) is 17.2 Å². The van der Waals surface area contributed by atoms with Crippen molar-refractivity contribution < 1.29 is 23.7 Å². The molecule has 0 amide bonds. The number of methoxy groups -OCH3 is 2. The third-order valence-electron chi connectivity index (χ3n) is 4.55. The summed E-state index contributed by atoms with van der Waals surface area (Å²) >= 11 is 0. The molecule has 0 saturated carbocycles. The lowest BCUT2D eigenvalue weighted by Crippen LogP contribution is -2.28. The Hall–Kier alpha value is -2.95. The zero-order valence-corrected chi connectivity index (χ0v) is 17.9. The lowest BCUT2D eigenvalue weighted by molar-refractivity contribution is -0.154. The fraction of sp³-hybridized carbons (Fsp3) is 0.375. The first kappa shape index (κ1) is 22.3. The van der Waals surface area contributed by atoms with Crippen LogP contribution < -0.4 is 14.2 Å². The molecular weight excluding hydrogens is 368 g/mol. The number of carbonyl (C=O) groups excluding carboxylic acids is 1. The predicted molar refractivity (Wildman–Crippen MR) is 115 cm³/mol. The minimum Gasteiger partial charge on any atom is -0.497 e. The van der Waals surface area contributed by atoms with E-state index in [0.717, 1.165) is 16.9 Å². The number of hydrogen-bond acceptors (Lipinski definition) is 5. The Bertz CT molecular complexity index is 822. The molecule has 2 rings (SSSR count). The van der Waals surface area contributed by atoms with Crippen LogP contribution >= 0.6 is 0 Å². The second-order valence-corrected chi connectivity index (χ2v) is 7.25. The van der Waals surface area contributed by atoms with Crippen molar-refractivity contribution in [2.45, 2.75) is 27.2 Å². The van der Waals surface area contributed by atoms with E-state index in [9.17, 15) is 4.79 Å². The fourth-order valence-electron chi connectivity index (χ4n) is 2.65. The molecule has 29 heavy (non-hydrogen) atoms. The summed E-state index contributed by atoms with van der Waals surface area (Å²) in [6, 6.07) is 13.5. The van der Waals surface area contributed by atoms with E-state index in [2.05, 4.69) is 0 Å². The van der Waals surface area contributed by atoms with Crippen LogP contribution in [0.4, 0.5) is 0 Å². The van der Waals surface area contributed by atoms with Gasteiger partial charge in [0.2, 0.25) is 0 Å². The van der Waals surface area contributed by atoms with E-state index >= 15 is 0 Å². The van der Waals surface area contributed by atoms with Gasteiger partial charge in [-0.2, -0.15) is 0 Å². The average Bonchev–Trinajstić information content (AvgIpc) is 2.72. The van der Waals surface area contributed by atoms with Crippen molar-refractivity contribution in [2.24, 2.45) is 5.41 Å². The Morgan fingerprint density at radius 2 is 1.52 bits per heavy atom. The molecule has 0 saturated heterocycles. The van der Waals surface area contributed by atoms with Gasteiger partial charge in [0.25, 0.3) is 0 Å². The third-order valence-corrected chi connectivity index (χ3v) is 4.55. The molecule has 0 spiro atoms. The smallest absolute Gasteiger partial charge is 0.311 e. The second kappa shape index (κ2) is 10.6. The van der Waals surface area contributed by atoms with Crippen LogP contribution in [0.1, 0.15) is 38.3 Å². The van der Waals surface area contributed by atoms with Crippen molar-refractivity contribution >= 4 is 18.1 Å². The molecule has 0 aromatic heterocycles. The van der Waals surface area contributed by atoms with Gasteiger partial charge in [-0.1, -0.05) is 24.3 Å². The summed E-state index contributed by atoms with van der Waals surface area (Å²) < 4.78 is 21.6. The highest BCUT2D eigenvalue weighted by Crippen LogP contribution is 2.27. The van der Waals surface area contributed by atoms with E-state index in [-0.39, 0.29) is 5.97 Å². The van der Waals surface area contributed by atoms with Gasteiger partial charge < -0.3 is 18.9 Å². The van der Waals surface area contributed by atoms with Crippen LogP contribution in [0.5, 0.6) is 17.2 Å². The van der Waals surface area contributed by atoms with E-state index in [1.807, 2.05) is 75.4 Å². The molecule has 0 heterocycles. The summed E-state index contributed by atoms with van der Waals surface area (Å²) in [7, 11) is 3.27. The van der Waals surface area contributed by atoms with Gasteiger partial charge in [-0.3, -0.25) is 4.79 Å². The Labute approximate surface area is 173 Å². The van der Waals surface area contributed by atoms with Gasteiger partial charge in [-0.15, -0.1) is 0 Å². The summed E-state index contributed by atoms with van der Waals surface area (Å²) in [5, 5.41) is 0. The van der Waals surface area contributed by atoms with Crippen LogP contribution in [0, 0.1) is 5.41 Å². The van der Waals surface area contributed by atoms with Crippen molar-refractivity contribution in [1.29, 1.82) is 0 Å².